The van der Waals surface area contributed by atoms with Crippen molar-refractivity contribution in [2.75, 3.05) is 0 Å². The Morgan fingerprint density at radius 1 is 1.09 bits per heavy atom. The molecule has 0 spiro atoms. The molecule has 4 aromatic rings. The smallest absolute Gasteiger partial charge is 0.247 e. The Labute approximate surface area is 196 Å². The van der Waals surface area contributed by atoms with E-state index in [0.29, 0.717) is 16.8 Å². The Morgan fingerprint density at radius 3 is 2.53 bits per heavy atom. The zero-order chi connectivity index (χ0) is 24.3. The summed E-state index contributed by atoms with van der Waals surface area (Å²) in [6.07, 6.45) is 1.48. The second-order valence-electron chi connectivity index (χ2n) is 9.00. The third kappa shape index (κ3) is 5.14. The fraction of sp³-hybridized carbons (Fsp3) is 0.280. The predicted molar refractivity (Wildman–Crippen MR) is 124 cm³/mol. The molecular formula is C25H26FN5O3. The van der Waals surface area contributed by atoms with Crippen molar-refractivity contribution in [2.45, 2.75) is 45.4 Å². The van der Waals surface area contributed by atoms with Gasteiger partial charge in [-0.2, -0.15) is 0 Å². The minimum Gasteiger partial charge on any atom is -0.467 e. The summed E-state index contributed by atoms with van der Waals surface area (Å²) >= 11 is 0. The number of furan rings is 1. The highest BCUT2D eigenvalue weighted by Gasteiger charge is 2.35. The molecule has 1 N–H and O–H groups in total. The van der Waals surface area contributed by atoms with Crippen LogP contribution >= 0.6 is 0 Å². The van der Waals surface area contributed by atoms with Gasteiger partial charge >= 0.3 is 0 Å². The van der Waals surface area contributed by atoms with Crippen LogP contribution in [-0.2, 0) is 22.7 Å². The number of fused-ring (bicyclic) bond motifs is 1. The molecule has 0 fully saturated rings. The summed E-state index contributed by atoms with van der Waals surface area (Å²) in [5, 5.41) is 11.1. The monoisotopic (exact) mass is 463 g/mol. The van der Waals surface area contributed by atoms with E-state index in [-0.39, 0.29) is 18.7 Å². The molecule has 0 aliphatic rings. The lowest BCUT2D eigenvalue weighted by atomic mass is 10.0. The number of para-hydroxylation sites is 1. The molecule has 9 heteroatoms. The lowest BCUT2D eigenvalue weighted by Gasteiger charge is -2.33. The van der Waals surface area contributed by atoms with Crippen LogP contribution < -0.4 is 5.32 Å². The van der Waals surface area contributed by atoms with Gasteiger partial charge in [-0.25, -0.2) is 9.07 Å². The third-order valence-electron chi connectivity index (χ3n) is 5.19. The van der Waals surface area contributed by atoms with Crippen LogP contribution in [0, 0.1) is 5.82 Å². The summed E-state index contributed by atoms with van der Waals surface area (Å²) in [5.41, 5.74) is 0.814. The first kappa shape index (κ1) is 23.2. The van der Waals surface area contributed by atoms with E-state index >= 15 is 0 Å². The molecule has 2 heterocycles. The standard InChI is InChI=1S/C25H26FN5O3/c1-25(2,3)27-24(33)23(18-10-4-5-11-19(18)26)30(15-17-9-8-14-34-17)22(32)16-31-21-13-7-6-12-20(21)28-29-31/h4-14,23H,15-16H2,1-3H3,(H,27,33)/t23-/m0/s1. The van der Waals surface area contributed by atoms with Gasteiger partial charge in [-0.1, -0.05) is 35.5 Å². The first-order chi connectivity index (χ1) is 16.2. The normalized spacial score (nSPS) is 12.5. The van der Waals surface area contributed by atoms with E-state index in [2.05, 4.69) is 15.6 Å². The molecule has 4 rings (SSSR count). The lowest BCUT2D eigenvalue weighted by molar-refractivity contribution is -0.143. The van der Waals surface area contributed by atoms with Gasteiger partial charge in [0.15, 0.2) is 0 Å². The number of hydrogen-bond donors (Lipinski definition) is 1. The fourth-order valence-corrected chi connectivity index (χ4v) is 3.73. The molecule has 2 aromatic heterocycles. The van der Waals surface area contributed by atoms with Gasteiger partial charge in [0.05, 0.1) is 18.3 Å². The predicted octanol–water partition coefficient (Wildman–Crippen LogP) is 3.85. The zero-order valence-corrected chi connectivity index (χ0v) is 19.2. The largest absolute Gasteiger partial charge is 0.467 e. The molecule has 0 aliphatic carbocycles. The highest BCUT2D eigenvalue weighted by Crippen LogP contribution is 2.27. The average Bonchev–Trinajstić information content (AvgIpc) is 3.43. The maximum atomic E-state index is 15.0. The van der Waals surface area contributed by atoms with Gasteiger partial charge in [0, 0.05) is 11.1 Å². The molecule has 8 nitrogen and oxygen atoms in total. The van der Waals surface area contributed by atoms with Crippen molar-refractivity contribution < 1.29 is 18.4 Å². The van der Waals surface area contributed by atoms with Crippen LogP contribution in [-0.4, -0.2) is 37.2 Å². The van der Waals surface area contributed by atoms with Crippen LogP contribution in [0.5, 0.6) is 0 Å². The topological polar surface area (TPSA) is 93.3 Å². The number of carbonyl (C=O) groups excluding carboxylic acids is 2. The molecule has 0 saturated heterocycles. The van der Waals surface area contributed by atoms with Crippen molar-refractivity contribution in [1.29, 1.82) is 0 Å². The van der Waals surface area contributed by atoms with Crippen molar-refractivity contribution in [3.8, 4) is 0 Å². The van der Waals surface area contributed by atoms with Gasteiger partial charge in [0.1, 0.15) is 29.7 Å². The van der Waals surface area contributed by atoms with Crippen molar-refractivity contribution in [1.82, 2.24) is 25.2 Å². The number of carbonyl (C=O) groups is 2. The summed E-state index contributed by atoms with van der Waals surface area (Å²) < 4.78 is 21.9. The molecule has 176 valence electrons. The maximum absolute atomic E-state index is 15.0. The minimum absolute atomic E-state index is 0.0327. The molecule has 0 radical (unpaired) electrons. The van der Waals surface area contributed by atoms with Crippen LogP contribution in [0.2, 0.25) is 0 Å². The number of halogens is 1. The number of amides is 2. The van der Waals surface area contributed by atoms with Gasteiger partial charge in [0.2, 0.25) is 11.8 Å². The van der Waals surface area contributed by atoms with E-state index in [9.17, 15) is 14.0 Å². The molecule has 0 saturated carbocycles. The summed E-state index contributed by atoms with van der Waals surface area (Å²) in [6, 6.07) is 15.4. The van der Waals surface area contributed by atoms with E-state index < -0.39 is 29.2 Å². The zero-order valence-electron chi connectivity index (χ0n) is 19.2. The maximum Gasteiger partial charge on any atom is 0.247 e. The van der Waals surface area contributed by atoms with Crippen molar-refractivity contribution in [3.63, 3.8) is 0 Å². The van der Waals surface area contributed by atoms with Crippen molar-refractivity contribution in [2.24, 2.45) is 0 Å². The van der Waals surface area contributed by atoms with E-state index in [0.717, 1.165) is 0 Å². The first-order valence-corrected chi connectivity index (χ1v) is 10.9. The molecule has 0 aliphatic heterocycles. The van der Waals surface area contributed by atoms with Gasteiger partial charge in [-0.05, 0) is 51.1 Å². The minimum atomic E-state index is -1.23. The number of aromatic nitrogens is 3. The van der Waals surface area contributed by atoms with E-state index in [1.807, 2.05) is 32.9 Å². The number of nitrogens with zero attached hydrogens (tertiary/aromatic N) is 4. The third-order valence-corrected chi connectivity index (χ3v) is 5.19. The molecule has 2 aromatic carbocycles. The molecule has 2 amide bonds. The van der Waals surface area contributed by atoms with E-state index in [4.69, 9.17) is 4.42 Å². The van der Waals surface area contributed by atoms with Crippen LogP contribution in [0.1, 0.15) is 38.1 Å². The van der Waals surface area contributed by atoms with E-state index in [1.165, 1.54) is 34.0 Å². The number of rotatable bonds is 7. The summed E-state index contributed by atoms with van der Waals surface area (Å²) in [7, 11) is 0. The Kier molecular flexibility index (Phi) is 6.45. The quantitative estimate of drug-likeness (QED) is 0.449. The van der Waals surface area contributed by atoms with Gasteiger partial charge in [-0.15, -0.1) is 5.10 Å². The second kappa shape index (κ2) is 9.46. The first-order valence-electron chi connectivity index (χ1n) is 10.9. The lowest BCUT2D eigenvalue weighted by Crippen LogP contribution is -2.49. The number of hydrogen-bond acceptors (Lipinski definition) is 5. The van der Waals surface area contributed by atoms with Crippen molar-refractivity contribution >= 4 is 22.8 Å². The Hall–Kier alpha value is -4.01. The Morgan fingerprint density at radius 2 is 1.82 bits per heavy atom. The summed E-state index contributed by atoms with van der Waals surface area (Å²) in [5.74, 6) is -1.06. The van der Waals surface area contributed by atoms with Crippen LogP contribution in [0.15, 0.2) is 71.3 Å². The highest BCUT2D eigenvalue weighted by molar-refractivity contribution is 5.89. The number of benzene rings is 2. The molecule has 34 heavy (non-hydrogen) atoms. The highest BCUT2D eigenvalue weighted by atomic mass is 19.1. The Bertz CT molecular complexity index is 1290. The molecule has 1 atom stereocenters. The SMILES string of the molecule is CC(C)(C)NC(=O)[C@H](c1ccccc1F)N(Cc1ccco1)C(=O)Cn1nnc2ccccc21. The summed E-state index contributed by atoms with van der Waals surface area (Å²) in [6.45, 7) is 5.25. The van der Waals surface area contributed by atoms with Crippen molar-refractivity contribution in [3.05, 3.63) is 84.1 Å². The fourth-order valence-electron chi connectivity index (χ4n) is 3.73. The second-order valence-corrected chi connectivity index (χ2v) is 9.00. The van der Waals surface area contributed by atoms with E-state index in [1.54, 1.807) is 30.3 Å². The van der Waals surface area contributed by atoms with Crippen LogP contribution in [0.25, 0.3) is 11.0 Å². The molecule has 0 unspecified atom stereocenters. The van der Waals surface area contributed by atoms with Gasteiger partial charge < -0.3 is 14.6 Å². The number of nitrogens with one attached hydrogen (secondary N) is 1. The van der Waals surface area contributed by atoms with Crippen LogP contribution in [0.4, 0.5) is 4.39 Å². The van der Waals surface area contributed by atoms with Gasteiger partial charge in [-0.3, -0.25) is 9.59 Å². The summed E-state index contributed by atoms with van der Waals surface area (Å²) in [4.78, 5) is 28.4. The molecule has 0 bridgehead atoms. The average molecular weight is 464 g/mol. The van der Waals surface area contributed by atoms with Gasteiger partial charge in [0.25, 0.3) is 0 Å². The Balaban J connectivity index is 1.76. The molecular weight excluding hydrogens is 437 g/mol. The van der Waals surface area contributed by atoms with Crippen LogP contribution in [0.3, 0.4) is 0 Å².